The number of ether oxygens (including phenoxy) is 1. The lowest BCUT2D eigenvalue weighted by atomic mass is 10.0. The number of aromatic nitrogens is 4. The second kappa shape index (κ2) is 8.45. The summed E-state index contributed by atoms with van der Waals surface area (Å²) in [5.41, 5.74) is 2.41. The van der Waals surface area contributed by atoms with Gasteiger partial charge >= 0.3 is 0 Å². The van der Waals surface area contributed by atoms with Crippen molar-refractivity contribution in [1.29, 1.82) is 0 Å². The molecule has 2 aromatic heterocycles. The molecular formula is C23H19F2N5O3. The zero-order valence-electron chi connectivity index (χ0n) is 17.7. The maximum atomic E-state index is 14.1. The van der Waals surface area contributed by atoms with Crippen LogP contribution in [0.1, 0.15) is 11.3 Å². The highest BCUT2D eigenvalue weighted by molar-refractivity contribution is 5.78. The van der Waals surface area contributed by atoms with E-state index < -0.39 is 5.82 Å². The van der Waals surface area contributed by atoms with E-state index in [9.17, 15) is 13.6 Å². The lowest BCUT2D eigenvalue weighted by Gasteiger charge is -2.27. The molecule has 4 aromatic rings. The minimum absolute atomic E-state index is 0.0546. The van der Waals surface area contributed by atoms with E-state index in [1.54, 1.807) is 27.8 Å². The van der Waals surface area contributed by atoms with Gasteiger partial charge in [0.05, 0.1) is 5.56 Å². The summed E-state index contributed by atoms with van der Waals surface area (Å²) in [6.45, 7) is 0.623. The molecule has 1 aliphatic rings. The molecule has 8 nitrogen and oxygen atoms in total. The minimum atomic E-state index is -0.464. The van der Waals surface area contributed by atoms with Crippen molar-refractivity contribution in [3.8, 4) is 28.8 Å². The highest BCUT2D eigenvalue weighted by Crippen LogP contribution is 2.31. The first-order valence-electron chi connectivity index (χ1n) is 10.3. The van der Waals surface area contributed by atoms with E-state index in [4.69, 9.17) is 9.15 Å². The van der Waals surface area contributed by atoms with E-state index in [0.717, 1.165) is 11.3 Å². The van der Waals surface area contributed by atoms with Gasteiger partial charge in [-0.05, 0) is 36.4 Å². The molecular weight excluding hydrogens is 432 g/mol. The topological polar surface area (TPSA) is 86.3 Å². The summed E-state index contributed by atoms with van der Waals surface area (Å²) in [6.07, 6.45) is 0.593. The van der Waals surface area contributed by atoms with E-state index in [2.05, 4.69) is 15.3 Å². The number of aryl methyl sites for hydroxylation is 1. The molecule has 0 aliphatic carbocycles. The van der Waals surface area contributed by atoms with Crippen molar-refractivity contribution in [2.45, 2.75) is 13.0 Å². The number of benzene rings is 2. The van der Waals surface area contributed by atoms with Crippen molar-refractivity contribution in [3.63, 3.8) is 0 Å². The van der Waals surface area contributed by atoms with E-state index in [0.29, 0.717) is 31.0 Å². The normalized spacial score (nSPS) is 13.1. The Labute approximate surface area is 187 Å². The second-order valence-electron chi connectivity index (χ2n) is 7.60. The molecule has 0 fully saturated rings. The van der Waals surface area contributed by atoms with Crippen LogP contribution in [0.3, 0.4) is 0 Å². The maximum absolute atomic E-state index is 14.1. The number of halogens is 2. The zero-order chi connectivity index (χ0) is 22.9. The van der Waals surface area contributed by atoms with Crippen LogP contribution < -0.4 is 4.74 Å². The Balaban J connectivity index is 1.35. The smallest absolute Gasteiger partial charge is 0.268 e. The van der Waals surface area contributed by atoms with E-state index in [1.807, 2.05) is 7.05 Å². The minimum Gasteiger partial charge on any atom is -0.484 e. The zero-order valence-corrected chi connectivity index (χ0v) is 17.7. The molecule has 1 amide bonds. The van der Waals surface area contributed by atoms with Gasteiger partial charge in [0.15, 0.2) is 12.3 Å². The third-order valence-corrected chi connectivity index (χ3v) is 5.50. The average Bonchev–Trinajstić information content (AvgIpc) is 3.43. The van der Waals surface area contributed by atoms with Gasteiger partial charge in [-0.3, -0.25) is 9.48 Å². The Morgan fingerprint density at radius 2 is 1.85 bits per heavy atom. The van der Waals surface area contributed by atoms with Crippen LogP contribution in [0.4, 0.5) is 8.78 Å². The number of carbonyl (C=O) groups excluding carboxylic acids is 1. The van der Waals surface area contributed by atoms with Gasteiger partial charge in [-0.2, -0.15) is 5.10 Å². The van der Waals surface area contributed by atoms with Crippen LogP contribution >= 0.6 is 0 Å². The Kier molecular flexibility index (Phi) is 5.33. The monoisotopic (exact) mass is 451 g/mol. The Hall–Kier alpha value is -4.08. The van der Waals surface area contributed by atoms with Gasteiger partial charge in [0.25, 0.3) is 17.7 Å². The Bertz CT molecular complexity index is 1320. The Morgan fingerprint density at radius 1 is 1.09 bits per heavy atom. The quantitative estimate of drug-likeness (QED) is 0.463. The maximum Gasteiger partial charge on any atom is 0.268 e. The van der Waals surface area contributed by atoms with Gasteiger partial charge < -0.3 is 14.1 Å². The lowest BCUT2D eigenvalue weighted by molar-refractivity contribution is -0.134. The van der Waals surface area contributed by atoms with Crippen molar-refractivity contribution in [1.82, 2.24) is 24.9 Å². The summed E-state index contributed by atoms with van der Waals surface area (Å²) in [7, 11) is 1.81. The summed E-state index contributed by atoms with van der Waals surface area (Å²) >= 11 is 0. The molecule has 0 saturated carbocycles. The number of nitrogens with zero attached hydrogens (tertiary/aromatic N) is 5. The van der Waals surface area contributed by atoms with Crippen molar-refractivity contribution < 1.29 is 22.7 Å². The molecule has 3 heterocycles. The number of hydrogen-bond acceptors (Lipinski definition) is 6. The molecule has 0 unspecified atom stereocenters. The molecule has 0 N–H and O–H groups in total. The molecule has 168 valence electrons. The first-order chi connectivity index (χ1) is 16.0. The number of amides is 1. The summed E-state index contributed by atoms with van der Waals surface area (Å²) in [5, 5.41) is 12.5. The van der Waals surface area contributed by atoms with Gasteiger partial charge in [0, 0.05) is 37.8 Å². The molecule has 0 spiro atoms. The van der Waals surface area contributed by atoms with Crippen molar-refractivity contribution in [2.24, 2.45) is 7.05 Å². The van der Waals surface area contributed by atoms with Crippen LogP contribution in [0, 0.1) is 11.6 Å². The van der Waals surface area contributed by atoms with Crippen LogP contribution in [0.2, 0.25) is 0 Å². The predicted molar refractivity (Wildman–Crippen MR) is 113 cm³/mol. The van der Waals surface area contributed by atoms with Gasteiger partial charge in [-0.15, -0.1) is 10.2 Å². The van der Waals surface area contributed by atoms with Gasteiger partial charge in [0.1, 0.15) is 17.4 Å². The fourth-order valence-electron chi connectivity index (χ4n) is 3.81. The predicted octanol–water partition coefficient (Wildman–Crippen LogP) is 3.38. The molecule has 33 heavy (non-hydrogen) atoms. The summed E-state index contributed by atoms with van der Waals surface area (Å²) in [4.78, 5) is 14.4. The van der Waals surface area contributed by atoms with Crippen LogP contribution in [-0.4, -0.2) is 43.9 Å². The standard InChI is InChI=1S/C23H19F2N5O3/c1-29-19-10-11-30(20(31)13-32-15-8-6-14(24)7-9-15)12-17(19)21(28-29)23-27-26-22(33-23)16-4-2-3-5-18(16)25/h2-9H,10-13H2,1H3. The molecule has 5 rings (SSSR count). The number of hydrogen-bond donors (Lipinski definition) is 0. The Morgan fingerprint density at radius 3 is 2.64 bits per heavy atom. The molecule has 1 aliphatic heterocycles. The second-order valence-corrected chi connectivity index (χ2v) is 7.60. The largest absolute Gasteiger partial charge is 0.484 e. The lowest BCUT2D eigenvalue weighted by Crippen LogP contribution is -2.39. The molecule has 2 aromatic carbocycles. The highest BCUT2D eigenvalue weighted by Gasteiger charge is 2.29. The third kappa shape index (κ3) is 4.07. The van der Waals surface area contributed by atoms with Crippen LogP contribution in [0.15, 0.2) is 52.9 Å². The number of fused-ring (bicyclic) bond motifs is 1. The van der Waals surface area contributed by atoms with Crippen molar-refractivity contribution >= 4 is 5.91 Å². The molecule has 10 heteroatoms. The van der Waals surface area contributed by atoms with Gasteiger partial charge in [0.2, 0.25) is 0 Å². The van der Waals surface area contributed by atoms with E-state index in [-0.39, 0.29) is 35.7 Å². The molecule has 0 bridgehead atoms. The van der Waals surface area contributed by atoms with Gasteiger partial charge in [-0.1, -0.05) is 12.1 Å². The summed E-state index contributed by atoms with van der Waals surface area (Å²) in [5.74, 6) is -0.427. The summed E-state index contributed by atoms with van der Waals surface area (Å²) in [6, 6.07) is 11.6. The van der Waals surface area contributed by atoms with E-state index in [1.165, 1.54) is 30.3 Å². The molecule has 0 atom stereocenters. The first-order valence-corrected chi connectivity index (χ1v) is 10.3. The average molecular weight is 451 g/mol. The summed E-state index contributed by atoms with van der Waals surface area (Å²) < 4.78 is 40.1. The van der Waals surface area contributed by atoms with Crippen molar-refractivity contribution in [3.05, 3.63) is 71.4 Å². The van der Waals surface area contributed by atoms with Crippen LogP contribution in [0.25, 0.3) is 23.0 Å². The first kappa shape index (κ1) is 20.8. The molecule has 0 radical (unpaired) electrons. The fourth-order valence-corrected chi connectivity index (χ4v) is 3.81. The fraction of sp³-hybridized carbons (Fsp3) is 0.217. The molecule has 0 saturated heterocycles. The highest BCUT2D eigenvalue weighted by atomic mass is 19.1. The van der Waals surface area contributed by atoms with Crippen molar-refractivity contribution in [2.75, 3.05) is 13.2 Å². The van der Waals surface area contributed by atoms with Gasteiger partial charge in [-0.25, -0.2) is 8.78 Å². The number of carbonyl (C=O) groups is 1. The van der Waals surface area contributed by atoms with E-state index >= 15 is 0 Å². The SMILES string of the molecule is Cn1nc(-c2nnc(-c3ccccc3F)o2)c2c1CCN(C(=O)COc1ccc(F)cc1)C2. The number of rotatable bonds is 5. The van der Waals surface area contributed by atoms with Crippen LogP contribution in [-0.2, 0) is 24.8 Å². The van der Waals surface area contributed by atoms with Crippen LogP contribution in [0.5, 0.6) is 5.75 Å². The third-order valence-electron chi connectivity index (χ3n) is 5.50.